The number of aryl methyl sites for hydroxylation is 1. The van der Waals surface area contributed by atoms with Gasteiger partial charge in [0.1, 0.15) is 12.4 Å². The van der Waals surface area contributed by atoms with Gasteiger partial charge in [0, 0.05) is 37.1 Å². The molecule has 0 aliphatic rings. The Balaban J connectivity index is 1.32. The van der Waals surface area contributed by atoms with Gasteiger partial charge >= 0.3 is 5.76 Å². The smallest absolute Gasteiger partial charge is 0.419 e. The summed E-state index contributed by atoms with van der Waals surface area (Å²) in [6, 6.07) is 16.2. The van der Waals surface area contributed by atoms with Gasteiger partial charge in [0.05, 0.1) is 12.1 Å². The Kier molecular flexibility index (Phi) is 5.42. The molecule has 2 heterocycles. The van der Waals surface area contributed by atoms with Gasteiger partial charge < -0.3 is 14.5 Å². The van der Waals surface area contributed by atoms with Crippen molar-refractivity contribution in [3.05, 3.63) is 77.5 Å². The minimum Gasteiger partial charge on any atom is -0.492 e. The molecular formula is C21H20N4O4. The van der Waals surface area contributed by atoms with E-state index >= 15 is 0 Å². The second-order valence-electron chi connectivity index (χ2n) is 6.43. The highest BCUT2D eigenvalue weighted by Gasteiger charge is 2.10. The van der Waals surface area contributed by atoms with Crippen LogP contribution in [0.1, 0.15) is 6.42 Å². The highest BCUT2D eigenvalue weighted by molar-refractivity contribution is 5.90. The number of aromatic nitrogens is 3. The number of para-hydroxylation sites is 2. The molecule has 8 heteroatoms. The molecule has 2 aromatic heterocycles. The topological polar surface area (TPSA) is 91.3 Å². The third kappa shape index (κ3) is 4.55. The van der Waals surface area contributed by atoms with Gasteiger partial charge in [-0.05, 0) is 30.3 Å². The van der Waals surface area contributed by atoms with E-state index in [0.29, 0.717) is 35.7 Å². The number of anilines is 1. The van der Waals surface area contributed by atoms with Gasteiger partial charge in [0.15, 0.2) is 5.58 Å². The molecule has 0 aliphatic heterocycles. The number of ether oxygens (including phenoxy) is 1. The summed E-state index contributed by atoms with van der Waals surface area (Å²) in [7, 11) is 0. The van der Waals surface area contributed by atoms with E-state index in [1.807, 2.05) is 30.5 Å². The molecule has 0 saturated heterocycles. The summed E-state index contributed by atoms with van der Waals surface area (Å²) in [4.78, 5) is 24.3. The maximum atomic E-state index is 12.3. The summed E-state index contributed by atoms with van der Waals surface area (Å²) in [5.74, 6) is -0.00513. The van der Waals surface area contributed by atoms with Crippen LogP contribution in [0, 0.1) is 0 Å². The Morgan fingerprint density at radius 1 is 1.10 bits per heavy atom. The van der Waals surface area contributed by atoms with Crippen molar-refractivity contribution in [3.63, 3.8) is 0 Å². The number of carbonyl (C=O) groups is 1. The van der Waals surface area contributed by atoms with Crippen molar-refractivity contribution in [1.29, 1.82) is 0 Å². The molecule has 4 rings (SSSR count). The van der Waals surface area contributed by atoms with Gasteiger partial charge in [-0.2, -0.15) is 5.10 Å². The first-order chi connectivity index (χ1) is 14.2. The van der Waals surface area contributed by atoms with Gasteiger partial charge in [-0.3, -0.25) is 14.0 Å². The quantitative estimate of drug-likeness (QED) is 0.498. The van der Waals surface area contributed by atoms with Gasteiger partial charge in [-0.25, -0.2) is 4.79 Å². The van der Waals surface area contributed by atoms with E-state index < -0.39 is 5.76 Å². The molecule has 29 heavy (non-hydrogen) atoms. The molecule has 0 atom stereocenters. The molecule has 2 aromatic carbocycles. The van der Waals surface area contributed by atoms with Crippen LogP contribution in [-0.2, 0) is 17.9 Å². The fourth-order valence-corrected chi connectivity index (χ4v) is 3.02. The average molecular weight is 392 g/mol. The van der Waals surface area contributed by atoms with Crippen LogP contribution in [0.5, 0.6) is 5.75 Å². The maximum Gasteiger partial charge on any atom is 0.419 e. The largest absolute Gasteiger partial charge is 0.492 e. The summed E-state index contributed by atoms with van der Waals surface area (Å²) in [6.07, 6.45) is 3.74. The van der Waals surface area contributed by atoms with Crippen LogP contribution in [0.3, 0.4) is 0 Å². The predicted molar refractivity (Wildman–Crippen MR) is 108 cm³/mol. The third-order valence-corrected chi connectivity index (χ3v) is 4.40. The minimum atomic E-state index is -0.466. The molecule has 0 aliphatic carbocycles. The molecule has 0 radical (unpaired) electrons. The predicted octanol–water partition coefficient (Wildman–Crippen LogP) is 2.90. The zero-order valence-corrected chi connectivity index (χ0v) is 15.7. The minimum absolute atomic E-state index is 0.147. The lowest BCUT2D eigenvalue weighted by Crippen LogP contribution is -2.19. The summed E-state index contributed by atoms with van der Waals surface area (Å²) >= 11 is 0. The molecule has 4 aromatic rings. The van der Waals surface area contributed by atoms with Crippen molar-refractivity contribution in [2.45, 2.75) is 19.5 Å². The fraction of sp³-hybridized carbons (Fsp3) is 0.190. The van der Waals surface area contributed by atoms with Crippen LogP contribution in [0.2, 0.25) is 0 Å². The Morgan fingerprint density at radius 3 is 2.86 bits per heavy atom. The number of carbonyl (C=O) groups excluding carboxylic acids is 1. The number of nitrogens with one attached hydrogen (secondary N) is 1. The Labute approximate surface area is 166 Å². The molecule has 148 valence electrons. The summed E-state index contributed by atoms with van der Waals surface area (Å²) in [5.41, 5.74) is 1.83. The number of fused-ring (bicyclic) bond motifs is 1. The zero-order chi connectivity index (χ0) is 20.1. The molecule has 0 bridgehead atoms. The highest BCUT2D eigenvalue weighted by atomic mass is 16.5. The number of nitrogens with zero attached hydrogens (tertiary/aromatic N) is 3. The first-order valence-electron chi connectivity index (χ1n) is 9.27. The van der Waals surface area contributed by atoms with E-state index in [1.165, 1.54) is 4.57 Å². The van der Waals surface area contributed by atoms with Gasteiger partial charge in [0.2, 0.25) is 5.91 Å². The fourth-order valence-electron chi connectivity index (χ4n) is 3.02. The van der Waals surface area contributed by atoms with E-state index in [2.05, 4.69) is 10.4 Å². The summed E-state index contributed by atoms with van der Waals surface area (Å²) < 4.78 is 14.1. The van der Waals surface area contributed by atoms with E-state index in [-0.39, 0.29) is 18.9 Å². The monoisotopic (exact) mass is 392 g/mol. The number of hydrogen-bond donors (Lipinski definition) is 1. The van der Waals surface area contributed by atoms with E-state index in [4.69, 9.17) is 9.15 Å². The molecule has 8 nitrogen and oxygen atoms in total. The lowest BCUT2D eigenvalue weighted by atomic mass is 10.3. The number of rotatable bonds is 8. The second kappa shape index (κ2) is 8.47. The molecule has 0 unspecified atom stereocenters. The molecule has 1 amide bonds. The Bertz CT molecular complexity index is 1160. The van der Waals surface area contributed by atoms with Crippen LogP contribution >= 0.6 is 0 Å². The molecule has 1 N–H and O–H groups in total. The first kappa shape index (κ1) is 18.5. The number of benzene rings is 2. The van der Waals surface area contributed by atoms with Crippen molar-refractivity contribution in [1.82, 2.24) is 14.3 Å². The molecule has 0 spiro atoms. The normalized spacial score (nSPS) is 10.9. The van der Waals surface area contributed by atoms with Crippen LogP contribution in [-0.4, -0.2) is 26.9 Å². The summed E-state index contributed by atoms with van der Waals surface area (Å²) in [6.45, 7) is 1.34. The third-order valence-electron chi connectivity index (χ3n) is 4.40. The lowest BCUT2D eigenvalue weighted by Gasteiger charge is -2.09. The van der Waals surface area contributed by atoms with E-state index in [9.17, 15) is 9.59 Å². The molecule has 0 saturated carbocycles. The highest BCUT2D eigenvalue weighted by Crippen LogP contribution is 2.18. The SMILES string of the molecule is O=C(CCn1c(=O)oc2ccccc21)Nc1cccc(OCCn2cccn2)c1. The van der Waals surface area contributed by atoms with Crippen LogP contribution in [0.25, 0.3) is 11.1 Å². The maximum absolute atomic E-state index is 12.3. The van der Waals surface area contributed by atoms with Gasteiger partial charge in [-0.15, -0.1) is 0 Å². The number of oxazole rings is 1. The van der Waals surface area contributed by atoms with Crippen molar-refractivity contribution < 1.29 is 13.9 Å². The van der Waals surface area contributed by atoms with Crippen LogP contribution in [0.15, 0.2) is 76.2 Å². The van der Waals surface area contributed by atoms with Gasteiger partial charge in [-0.1, -0.05) is 18.2 Å². The first-order valence-corrected chi connectivity index (χ1v) is 9.27. The Morgan fingerprint density at radius 2 is 2.00 bits per heavy atom. The number of hydrogen-bond acceptors (Lipinski definition) is 5. The van der Waals surface area contributed by atoms with Crippen molar-refractivity contribution in [3.8, 4) is 5.75 Å². The summed E-state index contributed by atoms with van der Waals surface area (Å²) in [5, 5.41) is 6.95. The molecular weight excluding hydrogens is 372 g/mol. The zero-order valence-electron chi connectivity index (χ0n) is 15.7. The van der Waals surface area contributed by atoms with E-state index in [1.54, 1.807) is 41.2 Å². The van der Waals surface area contributed by atoms with Crippen molar-refractivity contribution in [2.24, 2.45) is 0 Å². The Hall–Kier alpha value is -3.81. The average Bonchev–Trinajstić information content (AvgIpc) is 3.34. The second-order valence-corrected chi connectivity index (χ2v) is 6.43. The van der Waals surface area contributed by atoms with Crippen LogP contribution < -0.4 is 15.8 Å². The van der Waals surface area contributed by atoms with Crippen molar-refractivity contribution in [2.75, 3.05) is 11.9 Å². The standard InChI is InChI=1S/C21H20N4O4/c26-20(9-12-25-18-7-1-2-8-19(18)29-21(25)27)23-16-5-3-6-17(15-16)28-14-13-24-11-4-10-22-24/h1-8,10-11,15H,9,12-14H2,(H,23,26). The number of amides is 1. The lowest BCUT2D eigenvalue weighted by molar-refractivity contribution is -0.116. The van der Waals surface area contributed by atoms with Gasteiger partial charge in [0.25, 0.3) is 0 Å². The van der Waals surface area contributed by atoms with Crippen molar-refractivity contribution >= 4 is 22.7 Å². The van der Waals surface area contributed by atoms with Crippen LogP contribution in [0.4, 0.5) is 5.69 Å². The molecule has 0 fully saturated rings. The van der Waals surface area contributed by atoms with E-state index in [0.717, 1.165) is 0 Å².